The molecule has 0 radical (unpaired) electrons. The number of amides is 3. The minimum absolute atomic E-state index is 0.114. The zero-order valence-electron chi connectivity index (χ0n) is 16.9. The highest BCUT2D eigenvalue weighted by Gasteiger charge is 2.51. The van der Waals surface area contributed by atoms with Crippen LogP contribution in [-0.4, -0.2) is 37.0 Å². The van der Waals surface area contributed by atoms with E-state index in [0.29, 0.717) is 12.0 Å². The topological polar surface area (TPSA) is 84.9 Å². The summed E-state index contributed by atoms with van der Waals surface area (Å²) in [5.74, 6) is -0.0163. The Balaban J connectivity index is 1.87. The van der Waals surface area contributed by atoms with Crippen molar-refractivity contribution in [2.24, 2.45) is 0 Å². The molecule has 1 unspecified atom stereocenters. The van der Waals surface area contributed by atoms with Gasteiger partial charge in [-0.25, -0.2) is 9.59 Å². The number of carbonyl (C=O) groups is 3. The molecule has 1 aliphatic heterocycles. The Hall–Kier alpha value is -3.35. The van der Waals surface area contributed by atoms with Gasteiger partial charge in [-0.15, -0.1) is 0 Å². The summed E-state index contributed by atoms with van der Waals surface area (Å²) in [5, 5.41) is 2.88. The maximum absolute atomic E-state index is 13.3. The number of nitrogens with zero attached hydrogens (tertiary/aromatic N) is 1. The van der Waals surface area contributed by atoms with Crippen LogP contribution < -0.4 is 10.1 Å². The number of ether oxygens (including phenoxy) is 2. The summed E-state index contributed by atoms with van der Waals surface area (Å²) < 4.78 is 9.98. The van der Waals surface area contributed by atoms with Gasteiger partial charge in [0.2, 0.25) is 0 Å². The Bertz CT molecular complexity index is 954. The largest absolute Gasteiger partial charge is 0.496 e. The number of esters is 1. The lowest BCUT2D eigenvalue weighted by Gasteiger charge is -2.26. The number of hydrogen-bond donors (Lipinski definition) is 1. The Morgan fingerprint density at radius 3 is 2.34 bits per heavy atom. The third-order valence-electron chi connectivity index (χ3n) is 5.31. The van der Waals surface area contributed by atoms with Crippen molar-refractivity contribution >= 4 is 17.9 Å². The first-order valence-electron chi connectivity index (χ1n) is 9.32. The van der Waals surface area contributed by atoms with E-state index in [9.17, 15) is 14.4 Å². The van der Waals surface area contributed by atoms with Crippen LogP contribution in [0.2, 0.25) is 0 Å². The average Bonchev–Trinajstić information content (AvgIpc) is 2.98. The molecule has 0 spiro atoms. The maximum atomic E-state index is 13.3. The Kier molecular flexibility index (Phi) is 5.59. The first-order valence-corrected chi connectivity index (χ1v) is 9.32. The van der Waals surface area contributed by atoms with Crippen molar-refractivity contribution < 1.29 is 23.9 Å². The lowest BCUT2D eigenvalue weighted by atomic mass is 9.86. The van der Waals surface area contributed by atoms with Gasteiger partial charge in [-0.1, -0.05) is 25.1 Å². The van der Waals surface area contributed by atoms with Gasteiger partial charge in [-0.2, -0.15) is 0 Å². The minimum Gasteiger partial charge on any atom is -0.496 e. The van der Waals surface area contributed by atoms with Gasteiger partial charge in [0, 0.05) is 0 Å². The van der Waals surface area contributed by atoms with Crippen molar-refractivity contribution in [3.63, 3.8) is 0 Å². The van der Waals surface area contributed by atoms with Crippen molar-refractivity contribution in [2.45, 2.75) is 32.4 Å². The predicted octanol–water partition coefficient (Wildman–Crippen LogP) is 3.15. The smallest absolute Gasteiger partial charge is 0.337 e. The number of methoxy groups -OCH3 is 2. The zero-order chi connectivity index (χ0) is 21.2. The molecule has 0 aliphatic carbocycles. The summed E-state index contributed by atoms with van der Waals surface area (Å²) in [6.07, 6.45) is 0.418. The first-order chi connectivity index (χ1) is 13.9. The summed E-state index contributed by atoms with van der Waals surface area (Å²) in [5.41, 5.74) is 1.64. The number of imide groups is 1. The molecule has 29 heavy (non-hydrogen) atoms. The molecule has 0 bridgehead atoms. The van der Waals surface area contributed by atoms with Crippen molar-refractivity contribution in [2.75, 3.05) is 14.2 Å². The van der Waals surface area contributed by atoms with Crippen LogP contribution in [-0.2, 0) is 21.6 Å². The molecule has 2 aromatic carbocycles. The van der Waals surface area contributed by atoms with Gasteiger partial charge in [0.1, 0.15) is 11.3 Å². The molecule has 1 heterocycles. The lowest BCUT2D eigenvalue weighted by Crippen LogP contribution is -2.43. The van der Waals surface area contributed by atoms with Crippen LogP contribution in [0.15, 0.2) is 42.5 Å². The Morgan fingerprint density at radius 1 is 1.10 bits per heavy atom. The highest BCUT2D eigenvalue weighted by Crippen LogP contribution is 2.35. The lowest BCUT2D eigenvalue weighted by molar-refractivity contribution is -0.132. The summed E-state index contributed by atoms with van der Waals surface area (Å²) in [7, 11) is 2.90. The molecule has 1 fully saturated rings. The second kappa shape index (κ2) is 7.95. The van der Waals surface area contributed by atoms with Crippen molar-refractivity contribution in [3.05, 3.63) is 64.7 Å². The minimum atomic E-state index is -1.11. The van der Waals surface area contributed by atoms with Gasteiger partial charge in [-0.05, 0) is 54.3 Å². The standard InChI is InChI=1S/C22H24N2O5/c1-5-22(17-10-11-18(28-3)14(2)12-17)20(26)24(21(27)23-22)13-15-6-8-16(9-7-15)19(25)29-4/h6-12H,5,13H2,1-4H3,(H,23,27). The number of aryl methyl sites for hydroxylation is 1. The van der Waals surface area contributed by atoms with Crippen LogP contribution in [0.5, 0.6) is 5.75 Å². The molecule has 0 aromatic heterocycles. The van der Waals surface area contributed by atoms with Gasteiger partial charge in [0.15, 0.2) is 0 Å². The summed E-state index contributed by atoms with van der Waals surface area (Å²) in [6.45, 7) is 3.88. The molecule has 1 aliphatic rings. The third-order valence-corrected chi connectivity index (χ3v) is 5.31. The number of benzene rings is 2. The highest BCUT2D eigenvalue weighted by atomic mass is 16.5. The van der Waals surface area contributed by atoms with Gasteiger partial charge in [-0.3, -0.25) is 9.69 Å². The third kappa shape index (κ3) is 3.55. The van der Waals surface area contributed by atoms with E-state index in [1.165, 1.54) is 12.0 Å². The molecule has 7 heteroatoms. The van der Waals surface area contributed by atoms with E-state index < -0.39 is 17.5 Å². The van der Waals surface area contributed by atoms with Crippen LogP contribution >= 0.6 is 0 Å². The van der Waals surface area contributed by atoms with Crippen LogP contribution in [0.25, 0.3) is 0 Å². The fraction of sp³-hybridized carbons (Fsp3) is 0.318. The predicted molar refractivity (Wildman–Crippen MR) is 107 cm³/mol. The molecule has 7 nitrogen and oxygen atoms in total. The average molecular weight is 396 g/mol. The normalized spacial score (nSPS) is 18.6. The van der Waals surface area contributed by atoms with Crippen molar-refractivity contribution in [3.8, 4) is 5.75 Å². The van der Waals surface area contributed by atoms with Crippen LogP contribution in [0, 0.1) is 6.92 Å². The van der Waals surface area contributed by atoms with Crippen LogP contribution in [0.4, 0.5) is 4.79 Å². The van der Waals surface area contributed by atoms with Gasteiger partial charge in [0.25, 0.3) is 5.91 Å². The molecule has 152 valence electrons. The van der Waals surface area contributed by atoms with Crippen molar-refractivity contribution in [1.82, 2.24) is 10.2 Å². The molecular formula is C22H24N2O5. The fourth-order valence-corrected chi connectivity index (χ4v) is 3.60. The van der Waals surface area contributed by atoms with E-state index in [1.807, 2.05) is 26.0 Å². The molecule has 1 saturated heterocycles. The molecule has 1 N–H and O–H groups in total. The van der Waals surface area contributed by atoms with E-state index in [4.69, 9.17) is 4.74 Å². The van der Waals surface area contributed by atoms with Gasteiger partial charge in [0.05, 0.1) is 26.3 Å². The summed E-state index contributed by atoms with van der Waals surface area (Å²) in [4.78, 5) is 38.7. The molecular weight excluding hydrogens is 372 g/mol. The molecule has 3 rings (SSSR count). The SMILES string of the molecule is CCC1(c2ccc(OC)c(C)c2)NC(=O)N(Cc2ccc(C(=O)OC)cc2)C1=O. The number of rotatable bonds is 6. The highest BCUT2D eigenvalue weighted by molar-refractivity contribution is 6.07. The van der Waals surface area contributed by atoms with E-state index >= 15 is 0 Å². The van der Waals surface area contributed by atoms with Crippen LogP contribution in [0.1, 0.15) is 40.4 Å². The van der Waals surface area contributed by atoms with Gasteiger partial charge < -0.3 is 14.8 Å². The van der Waals surface area contributed by atoms with Gasteiger partial charge >= 0.3 is 12.0 Å². The Morgan fingerprint density at radius 2 is 1.79 bits per heavy atom. The number of hydrogen-bond acceptors (Lipinski definition) is 5. The molecule has 3 amide bonds. The first kappa shape index (κ1) is 20.4. The number of carbonyl (C=O) groups excluding carboxylic acids is 3. The molecule has 0 saturated carbocycles. The fourth-order valence-electron chi connectivity index (χ4n) is 3.60. The van der Waals surface area contributed by atoms with Crippen LogP contribution in [0.3, 0.4) is 0 Å². The molecule has 1 atom stereocenters. The second-order valence-corrected chi connectivity index (χ2v) is 6.95. The number of urea groups is 1. The van der Waals surface area contributed by atoms with E-state index in [0.717, 1.165) is 22.4 Å². The quantitative estimate of drug-likeness (QED) is 0.599. The van der Waals surface area contributed by atoms with E-state index in [-0.39, 0.29) is 12.5 Å². The molecule has 2 aromatic rings. The maximum Gasteiger partial charge on any atom is 0.337 e. The number of nitrogens with one attached hydrogen (secondary N) is 1. The summed E-state index contributed by atoms with van der Waals surface area (Å²) in [6, 6.07) is 11.7. The van der Waals surface area contributed by atoms with E-state index in [2.05, 4.69) is 10.1 Å². The summed E-state index contributed by atoms with van der Waals surface area (Å²) >= 11 is 0. The zero-order valence-corrected chi connectivity index (χ0v) is 16.9. The van der Waals surface area contributed by atoms with E-state index in [1.54, 1.807) is 37.4 Å². The monoisotopic (exact) mass is 396 g/mol. The Labute approximate surface area is 169 Å². The second-order valence-electron chi connectivity index (χ2n) is 6.95. The van der Waals surface area contributed by atoms with Crippen molar-refractivity contribution in [1.29, 1.82) is 0 Å².